The van der Waals surface area contributed by atoms with Crippen molar-refractivity contribution in [3.8, 4) is 0 Å². The minimum Gasteiger partial charge on any atom is -0.351 e. The van der Waals surface area contributed by atoms with Gasteiger partial charge >= 0.3 is 0 Å². The Morgan fingerprint density at radius 2 is 2.15 bits per heavy atom. The molecule has 1 atom stereocenters. The van der Waals surface area contributed by atoms with Crippen molar-refractivity contribution in [3.05, 3.63) is 11.9 Å². The van der Waals surface area contributed by atoms with Gasteiger partial charge in [0, 0.05) is 31.6 Å². The molecular formula is C14H23N5O. The average molecular weight is 277 g/mol. The van der Waals surface area contributed by atoms with Crippen LogP contribution >= 0.6 is 0 Å². The maximum absolute atomic E-state index is 11.2. The third kappa shape index (κ3) is 3.56. The van der Waals surface area contributed by atoms with Crippen LogP contribution in [0.5, 0.6) is 0 Å². The first-order valence-corrected chi connectivity index (χ1v) is 7.70. The summed E-state index contributed by atoms with van der Waals surface area (Å²) in [6, 6.07) is 0.221. The Labute approximate surface area is 119 Å². The molecule has 1 aromatic heterocycles. The summed E-state index contributed by atoms with van der Waals surface area (Å²) in [5, 5.41) is 11.4. The van der Waals surface area contributed by atoms with Crippen molar-refractivity contribution in [1.29, 1.82) is 0 Å². The second-order valence-corrected chi connectivity index (χ2v) is 5.89. The van der Waals surface area contributed by atoms with E-state index in [1.54, 1.807) is 0 Å². The van der Waals surface area contributed by atoms with Gasteiger partial charge in [-0.25, -0.2) is 0 Å². The van der Waals surface area contributed by atoms with E-state index in [4.69, 9.17) is 0 Å². The molecule has 0 aliphatic carbocycles. The Balaban J connectivity index is 1.45. The van der Waals surface area contributed by atoms with Gasteiger partial charge in [0.25, 0.3) is 0 Å². The molecule has 2 fully saturated rings. The van der Waals surface area contributed by atoms with Crippen molar-refractivity contribution in [2.75, 3.05) is 19.6 Å². The molecule has 0 unspecified atom stereocenters. The summed E-state index contributed by atoms with van der Waals surface area (Å²) < 4.78 is 1.86. The summed E-state index contributed by atoms with van der Waals surface area (Å²) in [6.45, 7) is 4.27. The van der Waals surface area contributed by atoms with Gasteiger partial charge in [-0.05, 0) is 32.4 Å². The van der Waals surface area contributed by atoms with Crippen LogP contribution in [0.3, 0.4) is 0 Å². The molecule has 0 saturated carbocycles. The standard InChI is InChI=1S/C14H23N5O/c20-14-5-4-12(15-14)10-19-11-13(16-17-19)6-9-18-7-2-1-3-8-18/h11-12H,1-10H2,(H,15,20)/t12-/m0/s1. The number of carbonyl (C=O) groups is 1. The maximum Gasteiger partial charge on any atom is 0.220 e. The summed E-state index contributed by atoms with van der Waals surface area (Å²) in [4.78, 5) is 13.7. The molecule has 1 N–H and O–H groups in total. The topological polar surface area (TPSA) is 63.1 Å². The number of nitrogens with one attached hydrogen (secondary N) is 1. The van der Waals surface area contributed by atoms with Gasteiger partial charge in [0.1, 0.15) is 0 Å². The van der Waals surface area contributed by atoms with E-state index in [0.717, 1.165) is 31.6 Å². The molecule has 0 radical (unpaired) electrons. The number of nitrogens with zero attached hydrogens (tertiary/aromatic N) is 4. The largest absolute Gasteiger partial charge is 0.351 e. The third-order valence-corrected chi connectivity index (χ3v) is 4.21. The van der Waals surface area contributed by atoms with Crippen LogP contribution in [-0.2, 0) is 17.8 Å². The van der Waals surface area contributed by atoms with E-state index < -0.39 is 0 Å². The van der Waals surface area contributed by atoms with Crippen LogP contribution in [0.2, 0.25) is 0 Å². The Hall–Kier alpha value is -1.43. The van der Waals surface area contributed by atoms with E-state index >= 15 is 0 Å². The first kappa shape index (κ1) is 13.5. The van der Waals surface area contributed by atoms with E-state index in [9.17, 15) is 4.79 Å². The zero-order valence-electron chi connectivity index (χ0n) is 11.9. The molecule has 6 heteroatoms. The molecule has 3 heterocycles. The molecule has 1 amide bonds. The third-order valence-electron chi connectivity index (χ3n) is 4.21. The van der Waals surface area contributed by atoms with Gasteiger partial charge in [-0.15, -0.1) is 5.10 Å². The summed E-state index contributed by atoms with van der Waals surface area (Å²) in [5.74, 6) is 0.153. The molecule has 3 rings (SSSR count). The first-order valence-electron chi connectivity index (χ1n) is 7.70. The Morgan fingerprint density at radius 3 is 2.90 bits per heavy atom. The monoisotopic (exact) mass is 277 g/mol. The molecule has 6 nitrogen and oxygen atoms in total. The molecule has 110 valence electrons. The van der Waals surface area contributed by atoms with Gasteiger partial charge < -0.3 is 10.2 Å². The van der Waals surface area contributed by atoms with E-state index in [1.165, 1.54) is 32.4 Å². The number of likely N-dealkylation sites (tertiary alicyclic amines) is 1. The minimum absolute atomic E-state index is 0.153. The highest BCUT2D eigenvalue weighted by Gasteiger charge is 2.21. The predicted molar refractivity (Wildman–Crippen MR) is 75.2 cm³/mol. The first-order chi connectivity index (χ1) is 9.79. The van der Waals surface area contributed by atoms with Crippen LogP contribution in [0.1, 0.15) is 37.8 Å². The molecule has 0 bridgehead atoms. The molecule has 2 saturated heterocycles. The fraction of sp³-hybridized carbons (Fsp3) is 0.786. The molecule has 2 aliphatic heterocycles. The van der Waals surface area contributed by atoms with Crippen molar-refractivity contribution in [2.45, 2.75) is 51.1 Å². The molecule has 2 aliphatic rings. The summed E-state index contributed by atoms with van der Waals surface area (Å²) in [7, 11) is 0. The van der Waals surface area contributed by atoms with E-state index in [1.807, 2.05) is 10.9 Å². The number of rotatable bonds is 5. The Bertz CT molecular complexity index is 452. The van der Waals surface area contributed by atoms with Gasteiger partial charge in [-0.3, -0.25) is 9.48 Å². The van der Waals surface area contributed by atoms with Gasteiger partial charge in [-0.1, -0.05) is 11.6 Å². The van der Waals surface area contributed by atoms with Crippen molar-refractivity contribution < 1.29 is 4.79 Å². The molecule has 1 aromatic rings. The van der Waals surface area contributed by atoms with Gasteiger partial charge in [0.2, 0.25) is 5.91 Å². The van der Waals surface area contributed by atoms with Crippen LogP contribution in [0.25, 0.3) is 0 Å². The van der Waals surface area contributed by atoms with Gasteiger partial charge in [-0.2, -0.15) is 0 Å². The molecule has 0 aromatic carbocycles. The van der Waals surface area contributed by atoms with E-state index in [0.29, 0.717) is 6.42 Å². The number of carbonyl (C=O) groups excluding carboxylic acids is 1. The van der Waals surface area contributed by atoms with E-state index in [2.05, 4.69) is 20.5 Å². The summed E-state index contributed by atoms with van der Waals surface area (Å²) in [6.07, 6.45) is 8.57. The van der Waals surface area contributed by atoms with Crippen molar-refractivity contribution >= 4 is 5.91 Å². The van der Waals surface area contributed by atoms with Crippen LogP contribution in [0.4, 0.5) is 0 Å². The lowest BCUT2D eigenvalue weighted by Crippen LogP contribution is -2.31. The predicted octanol–water partition coefficient (Wildman–Crippen LogP) is 0.585. The fourth-order valence-electron chi connectivity index (χ4n) is 3.04. The SMILES string of the molecule is O=C1CC[C@@H](Cn2cc(CCN3CCCCC3)nn2)N1. The smallest absolute Gasteiger partial charge is 0.220 e. The average Bonchev–Trinajstić information content (AvgIpc) is 3.08. The highest BCUT2D eigenvalue weighted by molar-refractivity contribution is 5.78. The van der Waals surface area contributed by atoms with Crippen molar-refractivity contribution in [2.24, 2.45) is 0 Å². The fourth-order valence-corrected chi connectivity index (χ4v) is 3.04. The van der Waals surface area contributed by atoms with Crippen LogP contribution < -0.4 is 5.32 Å². The number of hydrogen-bond donors (Lipinski definition) is 1. The number of hydrogen-bond acceptors (Lipinski definition) is 4. The Morgan fingerprint density at radius 1 is 1.30 bits per heavy atom. The highest BCUT2D eigenvalue weighted by Crippen LogP contribution is 2.10. The summed E-state index contributed by atoms with van der Waals surface area (Å²) in [5.41, 5.74) is 1.06. The van der Waals surface area contributed by atoms with Gasteiger partial charge in [0.05, 0.1) is 12.2 Å². The lowest BCUT2D eigenvalue weighted by molar-refractivity contribution is -0.119. The number of piperidine rings is 1. The summed E-state index contributed by atoms with van der Waals surface area (Å²) >= 11 is 0. The second kappa shape index (κ2) is 6.35. The Kier molecular flexibility index (Phi) is 4.30. The number of amides is 1. The maximum atomic E-state index is 11.2. The quantitative estimate of drug-likeness (QED) is 0.855. The molecule has 20 heavy (non-hydrogen) atoms. The van der Waals surface area contributed by atoms with Crippen LogP contribution in [-0.4, -0.2) is 51.5 Å². The van der Waals surface area contributed by atoms with E-state index in [-0.39, 0.29) is 11.9 Å². The number of aromatic nitrogens is 3. The molecule has 0 spiro atoms. The van der Waals surface area contributed by atoms with Crippen molar-refractivity contribution in [1.82, 2.24) is 25.2 Å². The highest BCUT2D eigenvalue weighted by atomic mass is 16.1. The van der Waals surface area contributed by atoms with Crippen LogP contribution in [0.15, 0.2) is 6.20 Å². The van der Waals surface area contributed by atoms with Crippen LogP contribution in [0, 0.1) is 0 Å². The minimum atomic E-state index is 0.153. The van der Waals surface area contributed by atoms with Crippen molar-refractivity contribution in [3.63, 3.8) is 0 Å². The zero-order valence-corrected chi connectivity index (χ0v) is 11.9. The van der Waals surface area contributed by atoms with Gasteiger partial charge in [0.15, 0.2) is 0 Å². The normalized spacial score (nSPS) is 24.0. The molecular weight excluding hydrogens is 254 g/mol. The lowest BCUT2D eigenvalue weighted by Gasteiger charge is -2.25. The second-order valence-electron chi connectivity index (χ2n) is 5.89. The zero-order chi connectivity index (χ0) is 13.8. The lowest BCUT2D eigenvalue weighted by atomic mass is 10.1.